The van der Waals surface area contributed by atoms with Crippen LogP contribution in [0, 0.1) is 5.92 Å². The van der Waals surface area contributed by atoms with Gasteiger partial charge in [0.1, 0.15) is 18.6 Å². The molecule has 0 bridgehead atoms. The number of carbonyl (C=O) groups excluding carboxylic acids is 1. The van der Waals surface area contributed by atoms with E-state index in [0.717, 1.165) is 33.1 Å². The number of carbonyl (C=O) groups is 1. The molecule has 0 spiro atoms. The van der Waals surface area contributed by atoms with Gasteiger partial charge in [-0.3, -0.25) is 4.79 Å². The standard InChI is InChI=1S/C20H17NO3S2/c22-10-15-12-25-19-18(26-20(23)21-19)17(15)14-6-8-16(9-7-14)24-11-13-4-2-1-3-5-13/h1-10,15,17H,11-12H2,(H,21,23)/t15-,17+/m0/s1. The van der Waals surface area contributed by atoms with Crippen molar-refractivity contribution < 1.29 is 9.53 Å². The molecule has 0 radical (unpaired) electrons. The fourth-order valence-electron chi connectivity index (χ4n) is 3.14. The van der Waals surface area contributed by atoms with E-state index in [-0.39, 0.29) is 16.7 Å². The molecular weight excluding hydrogens is 366 g/mol. The van der Waals surface area contributed by atoms with E-state index in [2.05, 4.69) is 4.98 Å². The second-order valence-electron chi connectivity index (χ2n) is 6.14. The van der Waals surface area contributed by atoms with Crippen LogP contribution in [0.2, 0.25) is 0 Å². The Morgan fingerprint density at radius 2 is 1.88 bits per heavy atom. The number of aromatic nitrogens is 1. The minimum absolute atomic E-state index is 0.0677. The largest absolute Gasteiger partial charge is 0.489 e. The number of aldehydes is 1. The Bertz CT molecular complexity index is 947. The summed E-state index contributed by atoms with van der Waals surface area (Å²) in [7, 11) is 0. The zero-order chi connectivity index (χ0) is 17.9. The molecule has 2 aromatic carbocycles. The fourth-order valence-corrected chi connectivity index (χ4v) is 5.50. The topological polar surface area (TPSA) is 59.2 Å². The van der Waals surface area contributed by atoms with Crippen molar-refractivity contribution >= 4 is 29.4 Å². The van der Waals surface area contributed by atoms with Gasteiger partial charge in [0.15, 0.2) is 0 Å². The molecule has 6 heteroatoms. The van der Waals surface area contributed by atoms with E-state index < -0.39 is 0 Å². The molecule has 4 nitrogen and oxygen atoms in total. The van der Waals surface area contributed by atoms with Crippen LogP contribution in [0.4, 0.5) is 0 Å². The molecule has 0 unspecified atom stereocenters. The van der Waals surface area contributed by atoms with Crippen LogP contribution in [0.5, 0.6) is 5.75 Å². The van der Waals surface area contributed by atoms with Gasteiger partial charge >= 0.3 is 4.87 Å². The van der Waals surface area contributed by atoms with E-state index >= 15 is 0 Å². The van der Waals surface area contributed by atoms with Gasteiger partial charge in [-0.2, -0.15) is 0 Å². The van der Waals surface area contributed by atoms with Crippen molar-refractivity contribution in [2.45, 2.75) is 17.6 Å². The third-order valence-electron chi connectivity index (χ3n) is 4.44. The van der Waals surface area contributed by atoms with Crippen molar-refractivity contribution in [3.8, 4) is 5.75 Å². The molecular formula is C20H17NO3S2. The first-order valence-electron chi connectivity index (χ1n) is 8.32. The van der Waals surface area contributed by atoms with Gasteiger partial charge in [-0.15, -0.1) is 11.8 Å². The highest BCUT2D eigenvalue weighted by atomic mass is 32.2. The van der Waals surface area contributed by atoms with Crippen LogP contribution in [0.15, 0.2) is 64.4 Å². The number of hydrogen-bond acceptors (Lipinski definition) is 5. The number of rotatable bonds is 5. The van der Waals surface area contributed by atoms with E-state index in [9.17, 15) is 9.59 Å². The first-order chi connectivity index (χ1) is 12.7. The van der Waals surface area contributed by atoms with Gasteiger partial charge < -0.3 is 14.5 Å². The molecule has 0 amide bonds. The van der Waals surface area contributed by atoms with Crippen molar-refractivity contribution in [1.82, 2.24) is 4.98 Å². The molecule has 3 aromatic rings. The number of nitrogens with one attached hydrogen (secondary N) is 1. The highest BCUT2D eigenvalue weighted by Gasteiger charge is 2.33. The summed E-state index contributed by atoms with van der Waals surface area (Å²) in [6.07, 6.45) is 1.00. The summed E-state index contributed by atoms with van der Waals surface area (Å²) >= 11 is 2.75. The molecule has 4 rings (SSSR count). The van der Waals surface area contributed by atoms with Crippen LogP contribution >= 0.6 is 23.1 Å². The lowest BCUT2D eigenvalue weighted by molar-refractivity contribution is -0.110. The molecule has 0 aliphatic carbocycles. The lowest BCUT2D eigenvalue weighted by atomic mass is 9.86. The third-order valence-corrected chi connectivity index (χ3v) is 6.69. The number of thiazole rings is 1. The molecule has 1 aliphatic rings. The maximum atomic E-state index is 11.7. The van der Waals surface area contributed by atoms with Gasteiger partial charge in [-0.1, -0.05) is 53.8 Å². The van der Waals surface area contributed by atoms with Gasteiger partial charge in [0, 0.05) is 22.5 Å². The van der Waals surface area contributed by atoms with Crippen molar-refractivity contribution in [2.75, 3.05) is 5.75 Å². The number of hydrogen-bond donors (Lipinski definition) is 1. The van der Waals surface area contributed by atoms with Gasteiger partial charge in [0.05, 0.1) is 5.03 Å². The Morgan fingerprint density at radius 1 is 1.12 bits per heavy atom. The van der Waals surface area contributed by atoms with Gasteiger partial charge in [0.2, 0.25) is 0 Å². The Labute approximate surface area is 159 Å². The molecule has 0 saturated heterocycles. The molecule has 2 atom stereocenters. The van der Waals surface area contributed by atoms with Gasteiger partial charge in [0.25, 0.3) is 0 Å². The molecule has 1 aromatic heterocycles. The van der Waals surface area contributed by atoms with Crippen molar-refractivity contribution in [3.63, 3.8) is 0 Å². The SMILES string of the molecule is O=C[C@H]1CSc2[nH]c(=O)sc2[C@@H]1c1ccc(OCc2ccccc2)cc1. The minimum atomic E-state index is -0.130. The summed E-state index contributed by atoms with van der Waals surface area (Å²) < 4.78 is 5.83. The van der Waals surface area contributed by atoms with E-state index in [0.29, 0.717) is 12.4 Å². The predicted molar refractivity (Wildman–Crippen MR) is 104 cm³/mol. The second kappa shape index (κ2) is 7.51. The number of benzene rings is 2. The lowest BCUT2D eigenvalue weighted by Crippen LogP contribution is -2.21. The quantitative estimate of drug-likeness (QED) is 0.675. The van der Waals surface area contributed by atoms with E-state index in [1.807, 2.05) is 54.6 Å². The summed E-state index contributed by atoms with van der Waals surface area (Å²) in [6.45, 7) is 0.515. The average Bonchev–Trinajstić information content (AvgIpc) is 3.07. The first kappa shape index (κ1) is 17.1. The summed E-state index contributed by atoms with van der Waals surface area (Å²) in [5.41, 5.74) is 2.15. The predicted octanol–water partition coefficient (Wildman–Crippen LogP) is 4.07. The summed E-state index contributed by atoms with van der Waals surface area (Å²) in [5, 5.41) is 0.896. The normalized spacial score (nSPS) is 18.9. The monoisotopic (exact) mass is 383 g/mol. The third kappa shape index (κ3) is 3.48. The van der Waals surface area contributed by atoms with Gasteiger partial charge in [-0.25, -0.2) is 0 Å². The Hall–Kier alpha value is -2.31. The first-order valence-corrected chi connectivity index (χ1v) is 10.1. The van der Waals surface area contributed by atoms with Crippen molar-refractivity contribution in [1.29, 1.82) is 0 Å². The lowest BCUT2D eigenvalue weighted by Gasteiger charge is -2.27. The molecule has 0 fully saturated rings. The van der Waals surface area contributed by atoms with E-state index in [1.54, 1.807) is 11.8 Å². The summed E-state index contributed by atoms with van der Waals surface area (Å²) in [4.78, 5) is 27.1. The molecule has 26 heavy (non-hydrogen) atoms. The Balaban J connectivity index is 1.55. The zero-order valence-corrected chi connectivity index (χ0v) is 15.5. The van der Waals surface area contributed by atoms with Crippen LogP contribution in [0.3, 0.4) is 0 Å². The maximum absolute atomic E-state index is 11.7. The Morgan fingerprint density at radius 3 is 2.62 bits per heavy atom. The molecule has 0 saturated carbocycles. The van der Waals surface area contributed by atoms with Crippen LogP contribution in [0.25, 0.3) is 0 Å². The van der Waals surface area contributed by atoms with Crippen LogP contribution in [0.1, 0.15) is 21.9 Å². The molecule has 132 valence electrons. The summed E-state index contributed by atoms with van der Waals surface area (Å²) in [5.74, 6) is 1.26. The second-order valence-corrected chi connectivity index (χ2v) is 8.18. The highest BCUT2D eigenvalue weighted by molar-refractivity contribution is 7.99. The van der Waals surface area contributed by atoms with Crippen LogP contribution in [-0.2, 0) is 11.4 Å². The number of H-pyrrole nitrogens is 1. The molecule has 1 aliphatic heterocycles. The smallest absolute Gasteiger partial charge is 0.305 e. The van der Waals surface area contributed by atoms with E-state index in [1.165, 1.54) is 11.3 Å². The van der Waals surface area contributed by atoms with Gasteiger partial charge in [-0.05, 0) is 23.3 Å². The van der Waals surface area contributed by atoms with Crippen molar-refractivity contribution in [2.24, 2.45) is 5.92 Å². The number of ether oxygens (including phenoxy) is 1. The van der Waals surface area contributed by atoms with Crippen molar-refractivity contribution in [3.05, 3.63) is 80.3 Å². The summed E-state index contributed by atoms with van der Waals surface area (Å²) in [6, 6.07) is 17.8. The number of thioether (sulfide) groups is 1. The van der Waals surface area contributed by atoms with Crippen LogP contribution < -0.4 is 9.61 Å². The zero-order valence-electron chi connectivity index (χ0n) is 13.9. The van der Waals surface area contributed by atoms with Crippen LogP contribution in [-0.4, -0.2) is 17.0 Å². The molecule has 1 N–H and O–H groups in total. The van der Waals surface area contributed by atoms with E-state index in [4.69, 9.17) is 4.74 Å². The fraction of sp³-hybridized carbons (Fsp3) is 0.200. The highest BCUT2D eigenvalue weighted by Crippen LogP contribution is 2.44. The maximum Gasteiger partial charge on any atom is 0.305 e. The average molecular weight is 383 g/mol. The minimum Gasteiger partial charge on any atom is -0.489 e. The number of aromatic amines is 1. The number of fused-ring (bicyclic) bond motifs is 1. The molecule has 2 heterocycles. The Kier molecular flexibility index (Phi) is 4.95.